The van der Waals surface area contributed by atoms with Gasteiger partial charge in [0.15, 0.2) is 0 Å². The molecule has 1 aromatic carbocycles. The van der Waals surface area contributed by atoms with Crippen LogP contribution in [0.2, 0.25) is 0 Å². The Hall–Kier alpha value is -0.580. The summed E-state index contributed by atoms with van der Waals surface area (Å²) in [5.74, 6) is 1.01. The summed E-state index contributed by atoms with van der Waals surface area (Å²) in [6.07, 6.45) is 6.32. The van der Waals surface area contributed by atoms with Gasteiger partial charge in [0.25, 0.3) is 5.91 Å². The SMILES string of the molecule is O=C(c1cccc(I)c1)N1CCCC2CCCC21. The Labute approximate surface area is 122 Å². The van der Waals surface area contributed by atoms with Crippen molar-refractivity contribution in [2.24, 2.45) is 5.92 Å². The maximum absolute atomic E-state index is 12.6. The standard InChI is InChI=1S/C15H18INO/c16-13-7-1-5-12(10-13)15(18)17-9-3-6-11-4-2-8-14(11)17/h1,5,7,10-11,14H,2-4,6,8-9H2. The van der Waals surface area contributed by atoms with Crippen molar-refractivity contribution in [1.82, 2.24) is 4.90 Å². The Morgan fingerprint density at radius 1 is 1.22 bits per heavy atom. The monoisotopic (exact) mass is 355 g/mol. The van der Waals surface area contributed by atoms with Crippen molar-refractivity contribution in [3.8, 4) is 0 Å². The minimum Gasteiger partial charge on any atom is -0.335 e. The molecule has 1 heterocycles. The predicted octanol–water partition coefficient (Wildman–Crippen LogP) is 3.70. The second kappa shape index (κ2) is 5.19. The molecule has 2 unspecified atom stereocenters. The molecule has 3 rings (SSSR count). The minimum absolute atomic E-state index is 0.241. The maximum atomic E-state index is 12.6. The van der Waals surface area contributed by atoms with Crippen molar-refractivity contribution in [3.05, 3.63) is 33.4 Å². The van der Waals surface area contributed by atoms with Crippen LogP contribution in [-0.2, 0) is 0 Å². The molecule has 1 saturated carbocycles. The first kappa shape index (κ1) is 12.5. The number of carbonyl (C=O) groups is 1. The third-order valence-electron chi connectivity index (χ3n) is 4.33. The van der Waals surface area contributed by atoms with Crippen LogP contribution in [0.4, 0.5) is 0 Å². The average molecular weight is 355 g/mol. The molecular weight excluding hydrogens is 337 g/mol. The molecule has 2 nitrogen and oxygen atoms in total. The molecule has 18 heavy (non-hydrogen) atoms. The molecule has 1 aliphatic carbocycles. The van der Waals surface area contributed by atoms with Crippen LogP contribution in [0.25, 0.3) is 0 Å². The average Bonchev–Trinajstić information content (AvgIpc) is 2.86. The van der Waals surface area contributed by atoms with E-state index in [0.29, 0.717) is 6.04 Å². The highest BCUT2D eigenvalue weighted by atomic mass is 127. The summed E-state index contributed by atoms with van der Waals surface area (Å²) in [6.45, 7) is 0.950. The third kappa shape index (κ3) is 2.29. The lowest BCUT2D eigenvalue weighted by atomic mass is 9.91. The summed E-state index contributed by atoms with van der Waals surface area (Å²) in [5, 5.41) is 0. The van der Waals surface area contributed by atoms with E-state index in [4.69, 9.17) is 0 Å². The summed E-state index contributed by atoms with van der Waals surface area (Å²) >= 11 is 2.27. The molecule has 96 valence electrons. The highest BCUT2D eigenvalue weighted by Crippen LogP contribution is 2.37. The first-order valence-electron chi connectivity index (χ1n) is 6.82. The van der Waals surface area contributed by atoms with Crippen LogP contribution in [-0.4, -0.2) is 23.4 Å². The summed E-state index contributed by atoms with van der Waals surface area (Å²) in [5.41, 5.74) is 0.856. The number of likely N-dealkylation sites (tertiary alicyclic amines) is 1. The fourth-order valence-corrected chi connectivity index (χ4v) is 4.04. The Morgan fingerprint density at radius 3 is 2.89 bits per heavy atom. The fourth-order valence-electron chi connectivity index (χ4n) is 3.49. The highest BCUT2D eigenvalue weighted by Gasteiger charge is 2.37. The number of amides is 1. The molecule has 1 amide bonds. The molecule has 0 radical (unpaired) electrons. The largest absolute Gasteiger partial charge is 0.335 e. The molecule has 1 saturated heterocycles. The molecular formula is C15H18INO. The van der Waals surface area contributed by atoms with Gasteiger partial charge < -0.3 is 4.90 Å². The van der Waals surface area contributed by atoms with Gasteiger partial charge in [-0.25, -0.2) is 0 Å². The van der Waals surface area contributed by atoms with E-state index < -0.39 is 0 Å². The first-order chi connectivity index (χ1) is 8.75. The highest BCUT2D eigenvalue weighted by molar-refractivity contribution is 14.1. The van der Waals surface area contributed by atoms with Crippen molar-refractivity contribution in [1.29, 1.82) is 0 Å². The third-order valence-corrected chi connectivity index (χ3v) is 5.00. The van der Waals surface area contributed by atoms with Gasteiger partial charge in [-0.1, -0.05) is 12.5 Å². The zero-order valence-corrected chi connectivity index (χ0v) is 12.6. The number of rotatable bonds is 1. The van der Waals surface area contributed by atoms with Crippen molar-refractivity contribution in [3.63, 3.8) is 0 Å². The molecule has 0 N–H and O–H groups in total. The zero-order valence-electron chi connectivity index (χ0n) is 10.4. The van der Waals surface area contributed by atoms with Gasteiger partial charge in [-0.05, 0) is 72.4 Å². The molecule has 0 bridgehead atoms. The lowest BCUT2D eigenvalue weighted by molar-refractivity contribution is 0.0548. The second-order valence-corrected chi connectivity index (χ2v) is 6.66. The van der Waals surface area contributed by atoms with Gasteiger partial charge in [0.05, 0.1) is 0 Å². The Bertz CT molecular complexity index is 460. The lowest BCUT2D eigenvalue weighted by Gasteiger charge is -2.37. The van der Waals surface area contributed by atoms with E-state index in [2.05, 4.69) is 27.5 Å². The smallest absolute Gasteiger partial charge is 0.254 e. The van der Waals surface area contributed by atoms with Gasteiger partial charge in [-0.2, -0.15) is 0 Å². The summed E-state index contributed by atoms with van der Waals surface area (Å²) in [6, 6.07) is 8.48. The normalized spacial score (nSPS) is 27.1. The van der Waals surface area contributed by atoms with Gasteiger partial charge >= 0.3 is 0 Å². The zero-order chi connectivity index (χ0) is 12.5. The van der Waals surface area contributed by atoms with E-state index in [1.807, 2.05) is 24.3 Å². The summed E-state index contributed by atoms with van der Waals surface area (Å²) in [4.78, 5) is 14.8. The molecule has 0 aromatic heterocycles. The van der Waals surface area contributed by atoms with Crippen LogP contribution in [0.15, 0.2) is 24.3 Å². The number of hydrogen-bond acceptors (Lipinski definition) is 1. The van der Waals surface area contributed by atoms with E-state index in [9.17, 15) is 4.79 Å². The number of carbonyl (C=O) groups excluding carboxylic acids is 1. The van der Waals surface area contributed by atoms with E-state index in [-0.39, 0.29) is 5.91 Å². The Balaban J connectivity index is 1.83. The van der Waals surface area contributed by atoms with Gasteiger partial charge in [-0.15, -0.1) is 0 Å². The quantitative estimate of drug-likeness (QED) is 0.704. The van der Waals surface area contributed by atoms with E-state index >= 15 is 0 Å². The topological polar surface area (TPSA) is 20.3 Å². The van der Waals surface area contributed by atoms with Crippen molar-refractivity contribution in [2.45, 2.75) is 38.1 Å². The maximum Gasteiger partial charge on any atom is 0.254 e. The van der Waals surface area contributed by atoms with Crippen molar-refractivity contribution in [2.75, 3.05) is 6.54 Å². The van der Waals surface area contributed by atoms with Crippen molar-refractivity contribution < 1.29 is 4.79 Å². The van der Waals surface area contributed by atoms with Crippen LogP contribution < -0.4 is 0 Å². The van der Waals surface area contributed by atoms with E-state index in [1.165, 1.54) is 32.1 Å². The molecule has 2 atom stereocenters. The fraction of sp³-hybridized carbons (Fsp3) is 0.533. The number of fused-ring (bicyclic) bond motifs is 1. The van der Waals surface area contributed by atoms with Gasteiger partial charge in [0, 0.05) is 21.7 Å². The van der Waals surface area contributed by atoms with Crippen LogP contribution in [0.3, 0.4) is 0 Å². The minimum atomic E-state index is 0.241. The number of piperidine rings is 1. The molecule has 1 aliphatic heterocycles. The lowest BCUT2D eigenvalue weighted by Crippen LogP contribution is -2.46. The van der Waals surface area contributed by atoms with Gasteiger partial charge in [0.1, 0.15) is 0 Å². The van der Waals surface area contributed by atoms with Crippen LogP contribution in [0, 0.1) is 9.49 Å². The van der Waals surface area contributed by atoms with E-state index in [1.54, 1.807) is 0 Å². The Kier molecular flexibility index (Phi) is 3.59. The number of nitrogens with zero attached hydrogens (tertiary/aromatic N) is 1. The number of hydrogen-bond donors (Lipinski definition) is 0. The molecule has 2 aliphatic rings. The molecule has 3 heteroatoms. The molecule has 1 aromatic rings. The summed E-state index contributed by atoms with van der Waals surface area (Å²) < 4.78 is 1.14. The van der Waals surface area contributed by atoms with Crippen LogP contribution in [0.1, 0.15) is 42.5 Å². The molecule has 2 fully saturated rings. The van der Waals surface area contributed by atoms with Gasteiger partial charge in [0.2, 0.25) is 0 Å². The van der Waals surface area contributed by atoms with Gasteiger partial charge in [-0.3, -0.25) is 4.79 Å². The number of benzene rings is 1. The second-order valence-electron chi connectivity index (χ2n) is 5.41. The predicted molar refractivity (Wildman–Crippen MR) is 80.6 cm³/mol. The van der Waals surface area contributed by atoms with Crippen LogP contribution >= 0.6 is 22.6 Å². The Morgan fingerprint density at radius 2 is 2.06 bits per heavy atom. The molecule has 0 spiro atoms. The van der Waals surface area contributed by atoms with Crippen molar-refractivity contribution >= 4 is 28.5 Å². The van der Waals surface area contributed by atoms with Crippen LogP contribution in [0.5, 0.6) is 0 Å². The first-order valence-corrected chi connectivity index (χ1v) is 7.90. The number of halogens is 1. The van der Waals surface area contributed by atoms with E-state index in [0.717, 1.165) is 21.6 Å². The summed E-state index contributed by atoms with van der Waals surface area (Å²) in [7, 11) is 0.